The van der Waals surface area contributed by atoms with E-state index in [2.05, 4.69) is 10.3 Å². The molecule has 2 aromatic heterocycles. The smallest absolute Gasteiger partial charge is 0.262 e. The van der Waals surface area contributed by atoms with Crippen LogP contribution in [-0.4, -0.2) is 47.0 Å². The summed E-state index contributed by atoms with van der Waals surface area (Å²) in [6.45, 7) is 0.763. The van der Waals surface area contributed by atoms with Gasteiger partial charge in [0.05, 0.1) is 24.4 Å². The summed E-state index contributed by atoms with van der Waals surface area (Å²) in [5.41, 5.74) is -0.261. The molecule has 3 rings (SSSR count). The van der Waals surface area contributed by atoms with Crippen molar-refractivity contribution in [1.29, 1.82) is 0 Å². The van der Waals surface area contributed by atoms with Crippen molar-refractivity contribution in [1.82, 2.24) is 14.9 Å². The zero-order valence-corrected chi connectivity index (χ0v) is 12.8. The number of nitrogens with zero attached hydrogens (tertiary/aromatic N) is 2. The van der Waals surface area contributed by atoms with Crippen molar-refractivity contribution in [3.63, 3.8) is 0 Å². The van der Waals surface area contributed by atoms with Gasteiger partial charge < -0.3 is 10.4 Å². The Kier molecular flexibility index (Phi) is 4.42. The minimum Gasteiger partial charge on any atom is -0.391 e. The number of piperidine rings is 1. The van der Waals surface area contributed by atoms with Crippen LogP contribution in [0.1, 0.15) is 19.3 Å². The maximum absolute atomic E-state index is 12.3. The van der Waals surface area contributed by atoms with Crippen molar-refractivity contribution in [2.75, 3.05) is 6.54 Å². The highest BCUT2D eigenvalue weighted by Crippen LogP contribution is 2.13. The Labute approximate surface area is 132 Å². The van der Waals surface area contributed by atoms with Crippen LogP contribution in [0.5, 0.6) is 0 Å². The minimum atomic E-state index is -0.508. The zero-order valence-electron chi connectivity index (χ0n) is 12.0. The molecule has 114 valence electrons. The van der Waals surface area contributed by atoms with Gasteiger partial charge in [0.25, 0.3) is 5.56 Å². The van der Waals surface area contributed by atoms with E-state index in [1.165, 1.54) is 22.2 Å². The van der Waals surface area contributed by atoms with Gasteiger partial charge in [-0.3, -0.25) is 14.2 Å². The molecule has 22 heavy (non-hydrogen) atoms. The normalized spacial score (nSPS) is 22.0. The first-order valence-corrected chi connectivity index (χ1v) is 8.04. The van der Waals surface area contributed by atoms with Gasteiger partial charge in [-0.1, -0.05) is 0 Å². The number of hydrogen-bond donors (Lipinski definition) is 2. The highest BCUT2D eigenvalue weighted by molar-refractivity contribution is 7.25. The Morgan fingerprint density at radius 3 is 3.18 bits per heavy atom. The Morgan fingerprint density at radius 2 is 2.41 bits per heavy atom. The summed E-state index contributed by atoms with van der Waals surface area (Å²) in [6.07, 6.45) is 2.69. The molecule has 3 heterocycles. The molecule has 0 saturated carbocycles. The van der Waals surface area contributed by atoms with Crippen LogP contribution in [0.15, 0.2) is 17.2 Å². The van der Waals surface area contributed by atoms with Crippen molar-refractivity contribution < 1.29 is 9.90 Å². The maximum atomic E-state index is 12.3. The van der Waals surface area contributed by atoms with Crippen LogP contribution in [0.3, 0.4) is 0 Å². The topological polar surface area (TPSA) is 84.2 Å². The van der Waals surface area contributed by atoms with Crippen molar-refractivity contribution in [3.05, 3.63) is 22.7 Å². The standard InChI is InChI=1S/C14H16BN3O3S/c15-12-5-9-13(22-12)17-7-18(14(9)21)6-8(19)4-10-11(20)2-1-3-16-10/h5,7,10-11,16,20H,1-4,6H2. The Bertz CT molecular complexity index is 757. The fraction of sp³-hybridized carbons (Fsp3) is 0.500. The lowest BCUT2D eigenvalue weighted by Gasteiger charge is -2.28. The molecule has 0 bridgehead atoms. The lowest BCUT2D eigenvalue weighted by Crippen LogP contribution is -2.46. The van der Waals surface area contributed by atoms with E-state index >= 15 is 0 Å². The summed E-state index contributed by atoms with van der Waals surface area (Å²) < 4.78 is 1.82. The van der Waals surface area contributed by atoms with Gasteiger partial charge in [-0.2, -0.15) is 0 Å². The summed E-state index contributed by atoms with van der Waals surface area (Å²) in [4.78, 5) is 29.2. The molecule has 0 aliphatic carbocycles. The van der Waals surface area contributed by atoms with Crippen molar-refractivity contribution >= 4 is 40.0 Å². The van der Waals surface area contributed by atoms with E-state index in [-0.39, 0.29) is 30.3 Å². The number of hydrogen-bond acceptors (Lipinski definition) is 6. The van der Waals surface area contributed by atoms with Gasteiger partial charge in [0.2, 0.25) is 0 Å². The van der Waals surface area contributed by atoms with E-state index in [4.69, 9.17) is 7.85 Å². The third kappa shape index (κ3) is 3.13. The fourth-order valence-electron chi connectivity index (χ4n) is 2.74. The van der Waals surface area contributed by atoms with Gasteiger partial charge in [-0.25, -0.2) is 4.98 Å². The molecule has 0 aromatic carbocycles. The van der Waals surface area contributed by atoms with E-state index in [1.54, 1.807) is 6.07 Å². The van der Waals surface area contributed by atoms with Gasteiger partial charge in [0, 0.05) is 12.5 Å². The van der Waals surface area contributed by atoms with Crippen molar-refractivity contribution in [3.8, 4) is 0 Å². The first kappa shape index (κ1) is 15.4. The molecular weight excluding hydrogens is 301 g/mol. The van der Waals surface area contributed by atoms with E-state index in [9.17, 15) is 14.7 Å². The molecule has 0 spiro atoms. The van der Waals surface area contributed by atoms with Crippen LogP contribution in [0.25, 0.3) is 10.2 Å². The summed E-state index contributed by atoms with van der Waals surface area (Å²) in [6, 6.07) is 1.35. The van der Waals surface area contributed by atoms with Gasteiger partial charge in [-0.05, 0) is 30.2 Å². The number of thiophene rings is 1. The molecule has 1 saturated heterocycles. The molecule has 8 heteroatoms. The van der Waals surface area contributed by atoms with Crippen molar-refractivity contribution in [2.45, 2.75) is 38.0 Å². The highest BCUT2D eigenvalue weighted by atomic mass is 32.1. The van der Waals surface area contributed by atoms with Gasteiger partial charge in [-0.15, -0.1) is 11.3 Å². The number of aliphatic hydroxyl groups excluding tert-OH is 1. The SMILES string of the molecule is [B]c1cc2c(=O)n(CC(=O)CC3NCCCC3O)cnc2s1. The van der Waals surface area contributed by atoms with Gasteiger partial charge >= 0.3 is 0 Å². The second-order valence-electron chi connectivity index (χ2n) is 5.56. The van der Waals surface area contributed by atoms with E-state index in [1.807, 2.05) is 0 Å². The third-order valence-electron chi connectivity index (χ3n) is 3.88. The van der Waals surface area contributed by atoms with Gasteiger partial charge in [0.15, 0.2) is 5.78 Å². The van der Waals surface area contributed by atoms with Crippen LogP contribution >= 0.6 is 11.3 Å². The molecule has 0 amide bonds. The highest BCUT2D eigenvalue weighted by Gasteiger charge is 2.25. The Morgan fingerprint density at radius 1 is 1.59 bits per heavy atom. The van der Waals surface area contributed by atoms with E-state index in [0.29, 0.717) is 21.4 Å². The van der Waals surface area contributed by atoms with Gasteiger partial charge in [0.1, 0.15) is 12.7 Å². The second-order valence-corrected chi connectivity index (χ2v) is 6.62. The first-order valence-electron chi connectivity index (χ1n) is 7.22. The third-order valence-corrected chi connectivity index (χ3v) is 4.75. The molecule has 1 fully saturated rings. The number of nitrogens with one attached hydrogen (secondary N) is 1. The molecule has 1 aliphatic heterocycles. The molecule has 1 aliphatic rings. The fourth-order valence-corrected chi connectivity index (χ4v) is 3.49. The number of rotatable bonds is 4. The van der Waals surface area contributed by atoms with Crippen LogP contribution in [0.2, 0.25) is 0 Å². The van der Waals surface area contributed by atoms with Crippen LogP contribution in [-0.2, 0) is 11.3 Å². The number of ketones is 1. The van der Waals surface area contributed by atoms with Crippen LogP contribution in [0, 0.1) is 0 Å². The maximum Gasteiger partial charge on any atom is 0.262 e. The zero-order chi connectivity index (χ0) is 15.7. The molecule has 2 unspecified atom stereocenters. The van der Waals surface area contributed by atoms with Crippen LogP contribution in [0.4, 0.5) is 0 Å². The number of fused-ring (bicyclic) bond motifs is 1. The predicted octanol–water partition coefficient (Wildman–Crippen LogP) is -0.676. The summed E-state index contributed by atoms with van der Waals surface area (Å²) >= 11 is 1.25. The molecule has 2 aromatic rings. The number of Topliss-reactive ketones (excluding diaryl/α,β-unsaturated/α-hetero) is 1. The average molecular weight is 317 g/mol. The number of carbonyl (C=O) groups excluding carboxylic acids is 1. The summed E-state index contributed by atoms with van der Waals surface area (Å²) in [5.74, 6) is -0.107. The molecule has 2 atom stereocenters. The quantitative estimate of drug-likeness (QED) is 0.730. The summed E-state index contributed by atoms with van der Waals surface area (Å²) in [7, 11) is 5.68. The Balaban J connectivity index is 1.73. The van der Waals surface area contributed by atoms with E-state index < -0.39 is 6.10 Å². The number of aromatic nitrogens is 2. The Hall–Kier alpha value is -1.51. The molecule has 2 N–H and O–H groups in total. The molecular formula is C14H16BN3O3S. The van der Waals surface area contributed by atoms with E-state index in [0.717, 1.165) is 13.0 Å². The first-order chi connectivity index (χ1) is 10.5. The van der Waals surface area contributed by atoms with Crippen molar-refractivity contribution in [2.24, 2.45) is 0 Å². The monoisotopic (exact) mass is 317 g/mol. The molecule has 2 radical (unpaired) electrons. The predicted molar refractivity (Wildman–Crippen MR) is 85.9 cm³/mol. The molecule has 6 nitrogen and oxygen atoms in total. The largest absolute Gasteiger partial charge is 0.391 e. The average Bonchev–Trinajstić information content (AvgIpc) is 2.86. The minimum absolute atomic E-state index is 0.0393. The lowest BCUT2D eigenvalue weighted by molar-refractivity contribution is -0.121. The number of carbonyl (C=O) groups is 1. The number of aliphatic hydroxyl groups is 1. The van der Waals surface area contributed by atoms with Crippen LogP contribution < -0.4 is 15.7 Å². The second kappa shape index (κ2) is 6.32. The summed E-state index contributed by atoms with van der Waals surface area (Å²) in [5, 5.41) is 13.5. The lowest BCUT2D eigenvalue weighted by atomic mass is 9.97.